The Kier molecular flexibility index (Phi) is 5.54. The molecule has 1 fully saturated rings. The number of rotatable bonds is 8. The summed E-state index contributed by atoms with van der Waals surface area (Å²) in [6.45, 7) is 2.96. The fourth-order valence-electron chi connectivity index (χ4n) is 2.96. The summed E-state index contributed by atoms with van der Waals surface area (Å²) in [4.78, 5) is 16.9. The molecule has 2 N–H and O–H groups in total. The molecule has 0 aliphatic heterocycles. The van der Waals surface area contributed by atoms with E-state index in [-0.39, 0.29) is 12.3 Å². The number of hydrogen-bond acceptors (Lipinski definition) is 6. The second-order valence-corrected chi connectivity index (χ2v) is 7.85. The van der Waals surface area contributed by atoms with Crippen LogP contribution < -0.4 is 10.1 Å². The number of benzene rings is 1. The van der Waals surface area contributed by atoms with Crippen molar-refractivity contribution >= 4 is 29.5 Å². The number of ether oxygens (including phenoxy) is 1. The van der Waals surface area contributed by atoms with Crippen LogP contribution in [0.1, 0.15) is 37.3 Å². The van der Waals surface area contributed by atoms with Crippen LogP contribution in [0.2, 0.25) is 0 Å². The minimum atomic E-state index is -0.0835. The zero-order valence-corrected chi connectivity index (χ0v) is 17.1. The molecule has 0 bridgehead atoms. The quantitative estimate of drug-likeness (QED) is 0.549. The Morgan fingerprint density at radius 1 is 1.39 bits per heavy atom. The van der Waals surface area contributed by atoms with Crippen LogP contribution in [0.4, 0.5) is 0 Å². The van der Waals surface area contributed by atoms with E-state index in [0.717, 1.165) is 40.7 Å². The predicted molar refractivity (Wildman–Crippen MR) is 110 cm³/mol. The predicted octanol–water partition coefficient (Wildman–Crippen LogP) is 3.66. The van der Waals surface area contributed by atoms with Crippen molar-refractivity contribution in [1.29, 1.82) is 0 Å². The Morgan fingerprint density at radius 2 is 2.18 bits per heavy atom. The molecular weight excluding hydrogens is 394 g/mol. The van der Waals surface area contributed by atoms with Crippen LogP contribution in [-0.2, 0) is 17.8 Å². The van der Waals surface area contributed by atoms with Crippen molar-refractivity contribution in [2.45, 2.75) is 38.8 Å². The van der Waals surface area contributed by atoms with Crippen LogP contribution in [0.15, 0.2) is 29.6 Å². The van der Waals surface area contributed by atoms with Gasteiger partial charge in [0.2, 0.25) is 5.91 Å². The fourth-order valence-corrected chi connectivity index (χ4v) is 4.08. The van der Waals surface area contributed by atoms with Gasteiger partial charge in [0.1, 0.15) is 10.8 Å². The van der Waals surface area contributed by atoms with Gasteiger partial charge in [-0.1, -0.05) is 0 Å². The Labute approximate surface area is 171 Å². The molecule has 1 saturated carbocycles. The number of amides is 1. The van der Waals surface area contributed by atoms with Crippen molar-refractivity contribution in [2.24, 2.45) is 0 Å². The molecule has 1 aromatic carbocycles. The lowest BCUT2D eigenvalue weighted by molar-refractivity contribution is -0.120. The number of thiazole rings is 1. The molecule has 146 valence electrons. The van der Waals surface area contributed by atoms with E-state index in [0.29, 0.717) is 24.0 Å². The molecule has 28 heavy (non-hydrogen) atoms. The Balaban J connectivity index is 1.34. The molecule has 2 heterocycles. The molecule has 4 rings (SSSR count). The molecule has 3 aromatic rings. The first-order valence-electron chi connectivity index (χ1n) is 9.24. The maximum absolute atomic E-state index is 12.3. The smallest absolute Gasteiger partial charge is 0.226 e. The minimum absolute atomic E-state index is 0.0835. The van der Waals surface area contributed by atoms with E-state index < -0.39 is 0 Å². The molecule has 1 aliphatic rings. The van der Waals surface area contributed by atoms with Gasteiger partial charge in [0.05, 0.1) is 25.3 Å². The van der Waals surface area contributed by atoms with Gasteiger partial charge in [0.25, 0.3) is 0 Å². The monoisotopic (exact) mass is 415 g/mol. The average molecular weight is 416 g/mol. The van der Waals surface area contributed by atoms with Crippen molar-refractivity contribution in [3.8, 4) is 16.3 Å². The largest absolute Gasteiger partial charge is 0.494 e. The summed E-state index contributed by atoms with van der Waals surface area (Å²) in [6, 6.07) is 8.24. The van der Waals surface area contributed by atoms with E-state index in [2.05, 4.69) is 20.5 Å². The van der Waals surface area contributed by atoms with Gasteiger partial charge in [0, 0.05) is 17.0 Å². The summed E-state index contributed by atoms with van der Waals surface area (Å²) in [6.07, 6.45) is 2.46. The van der Waals surface area contributed by atoms with Crippen LogP contribution in [-0.4, -0.2) is 32.3 Å². The number of aromatic nitrogens is 4. The SMILES string of the molecule is CCOc1ccc(-c2nc(CC(=O)NCc3n[nH]c(=S)n3C3CC3)cs2)cc1. The first-order valence-corrected chi connectivity index (χ1v) is 10.5. The van der Waals surface area contributed by atoms with E-state index in [1.165, 1.54) is 11.3 Å². The van der Waals surface area contributed by atoms with Gasteiger partial charge in [-0.15, -0.1) is 11.3 Å². The van der Waals surface area contributed by atoms with Gasteiger partial charge in [0.15, 0.2) is 10.6 Å². The van der Waals surface area contributed by atoms with Crippen LogP contribution in [0.5, 0.6) is 5.75 Å². The highest BCUT2D eigenvalue weighted by Crippen LogP contribution is 2.35. The van der Waals surface area contributed by atoms with Gasteiger partial charge in [-0.25, -0.2) is 4.98 Å². The third-order valence-electron chi connectivity index (χ3n) is 4.44. The minimum Gasteiger partial charge on any atom is -0.494 e. The average Bonchev–Trinajstić information content (AvgIpc) is 3.30. The van der Waals surface area contributed by atoms with E-state index in [9.17, 15) is 4.79 Å². The molecule has 0 atom stereocenters. The van der Waals surface area contributed by atoms with E-state index in [4.69, 9.17) is 17.0 Å². The van der Waals surface area contributed by atoms with Gasteiger partial charge in [-0.05, 0) is 56.2 Å². The van der Waals surface area contributed by atoms with Crippen LogP contribution in [0, 0.1) is 4.77 Å². The van der Waals surface area contributed by atoms with Gasteiger partial charge < -0.3 is 10.1 Å². The standard InChI is InChI=1S/C19H21N5O2S2/c1-2-26-15-7-3-12(4-8-15)18-21-13(11-28-18)9-17(25)20-10-16-22-23-19(27)24(16)14-5-6-14/h3-4,7-8,11,14H,2,5-6,9-10H2,1H3,(H,20,25)(H,23,27). The Morgan fingerprint density at radius 3 is 2.89 bits per heavy atom. The number of carbonyl (C=O) groups is 1. The zero-order valence-electron chi connectivity index (χ0n) is 15.5. The highest BCUT2D eigenvalue weighted by atomic mass is 32.1. The molecule has 1 aliphatic carbocycles. The lowest BCUT2D eigenvalue weighted by Gasteiger charge is -2.06. The van der Waals surface area contributed by atoms with Crippen molar-refractivity contribution in [3.63, 3.8) is 0 Å². The first kappa shape index (κ1) is 18.8. The normalized spacial score (nSPS) is 13.5. The second-order valence-electron chi connectivity index (χ2n) is 6.60. The maximum Gasteiger partial charge on any atom is 0.226 e. The number of carbonyl (C=O) groups excluding carboxylic acids is 1. The number of nitrogens with zero attached hydrogens (tertiary/aromatic N) is 3. The fraction of sp³-hybridized carbons (Fsp3) is 0.368. The number of H-pyrrole nitrogens is 1. The first-order chi connectivity index (χ1) is 13.6. The van der Waals surface area contributed by atoms with Gasteiger partial charge in [-0.2, -0.15) is 5.10 Å². The highest BCUT2D eigenvalue weighted by molar-refractivity contribution is 7.71. The molecule has 2 aromatic heterocycles. The number of hydrogen-bond donors (Lipinski definition) is 2. The summed E-state index contributed by atoms with van der Waals surface area (Å²) >= 11 is 6.79. The molecule has 0 saturated heterocycles. The second kappa shape index (κ2) is 8.24. The maximum atomic E-state index is 12.3. The lowest BCUT2D eigenvalue weighted by Crippen LogP contribution is -2.26. The van der Waals surface area contributed by atoms with E-state index >= 15 is 0 Å². The Hall–Kier alpha value is -2.52. The van der Waals surface area contributed by atoms with Crippen molar-refractivity contribution < 1.29 is 9.53 Å². The summed E-state index contributed by atoms with van der Waals surface area (Å²) in [7, 11) is 0. The number of aromatic amines is 1. The van der Waals surface area contributed by atoms with Crippen LogP contribution in [0.3, 0.4) is 0 Å². The molecule has 1 amide bonds. The molecule has 0 unspecified atom stereocenters. The molecule has 0 radical (unpaired) electrons. The summed E-state index contributed by atoms with van der Waals surface area (Å²) in [5.41, 5.74) is 1.77. The molecule has 9 heteroatoms. The number of nitrogens with one attached hydrogen (secondary N) is 2. The van der Waals surface area contributed by atoms with Crippen molar-refractivity contribution in [3.05, 3.63) is 45.9 Å². The molecule has 0 spiro atoms. The van der Waals surface area contributed by atoms with E-state index in [1.54, 1.807) is 0 Å². The highest BCUT2D eigenvalue weighted by Gasteiger charge is 2.27. The van der Waals surface area contributed by atoms with Crippen LogP contribution in [0.25, 0.3) is 10.6 Å². The third kappa shape index (κ3) is 4.31. The van der Waals surface area contributed by atoms with Crippen molar-refractivity contribution in [1.82, 2.24) is 25.1 Å². The van der Waals surface area contributed by atoms with Gasteiger partial charge >= 0.3 is 0 Å². The van der Waals surface area contributed by atoms with Crippen LogP contribution >= 0.6 is 23.6 Å². The summed E-state index contributed by atoms with van der Waals surface area (Å²) in [5, 5.41) is 12.8. The summed E-state index contributed by atoms with van der Waals surface area (Å²) < 4.78 is 8.08. The molecular formula is C19H21N5O2S2. The summed E-state index contributed by atoms with van der Waals surface area (Å²) in [5.74, 6) is 1.53. The van der Waals surface area contributed by atoms with Crippen molar-refractivity contribution in [2.75, 3.05) is 6.61 Å². The molecule has 7 nitrogen and oxygen atoms in total. The topological polar surface area (TPSA) is 84.8 Å². The Bertz CT molecular complexity index is 1020. The zero-order chi connectivity index (χ0) is 19.5. The lowest BCUT2D eigenvalue weighted by atomic mass is 10.2. The van der Waals surface area contributed by atoms with Gasteiger partial charge in [-0.3, -0.25) is 14.5 Å². The van der Waals surface area contributed by atoms with E-state index in [1.807, 2.05) is 41.1 Å². The third-order valence-corrected chi connectivity index (χ3v) is 5.67.